The minimum absolute atomic E-state index is 0.0389. The van der Waals surface area contributed by atoms with Gasteiger partial charge in [0.05, 0.1) is 25.9 Å². The van der Waals surface area contributed by atoms with Gasteiger partial charge in [-0.1, -0.05) is 6.92 Å². The molecule has 0 bridgehead atoms. The lowest BCUT2D eigenvalue weighted by Crippen LogP contribution is -2.54. The van der Waals surface area contributed by atoms with Gasteiger partial charge in [-0.2, -0.15) is 0 Å². The minimum Gasteiger partial charge on any atom is -0.453 e. The summed E-state index contributed by atoms with van der Waals surface area (Å²) in [6, 6.07) is 4.39. The third-order valence-electron chi connectivity index (χ3n) is 6.16. The summed E-state index contributed by atoms with van der Waals surface area (Å²) in [7, 11) is 3.00. The van der Waals surface area contributed by atoms with Crippen molar-refractivity contribution in [3.05, 3.63) is 29.1 Å². The summed E-state index contributed by atoms with van der Waals surface area (Å²) in [4.78, 5) is 31.6. The summed E-state index contributed by atoms with van der Waals surface area (Å²) < 4.78 is 15.9. The summed E-state index contributed by atoms with van der Waals surface area (Å²) in [6.45, 7) is 6.38. The number of alkyl carbamates (subject to hydrolysis) is 1. The highest BCUT2D eigenvalue weighted by atomic mass is 16.5. The highest BCUT2D eigenvalue weighted by Gasteiger charge is 2.41. The molecule has 2 aliphatic rings. The molecular formula is C24H38N4O5. The standard InChI is InChI=1S/C24H38N4O5/c1-5-18-11-17(12-19(27-18)7-6-10-26-24(30)32-4)16(2)28(20-8-9-20)23(29)22-14-25-13-21(33-22)15-31-3/h11-12,16,20-22,25H,5-10,13-15H2,1-4H3,(H,26,30)/t16-,21-,22+/m0/s1. The van der Waals surface area contributed by atoms with Gasteiger partial charge >= 0.3 is 6.09 Å². The van der Waals surface area contributed by atoms with Crippen molar-refractivity contribution >= 4 is 12.0 Å². The fourth-order valence-corrected chi connectivity index (χ4v) is 4.26. The topological polar surface area (TPSA) is 102 Å². The first-order valence-electron chi connectivity index (χ1n) is 12.0. The molecule has 0 unspecified atom stereocenters. The van der Waals surface area contributed by atoms with E-state index >= 15 is 0 Å². The number of hydrogen-bond acceptors (Lipinski definition) is 7. The average molecular weight is 463 g/mol. The molecule has 184 valence electrons. The van der Waals surface area contributed by atoms with Crippen molar-refractivity contribution in [1.82, 2.24) is 20.5 Å². The van der Waals surface area contributed by atoms with Gasteiger partial charge in [-0.15, -0.1) is 0 Å². The number of amides is 2. The van der Waals surface area contributed by atoms with Crippen LogP contribution >= 0.6 is 0 Å². The van der Waals surface area contributed by atoms with Gasteiger partial charge in [-0.05, 0) is 56.7 Å². The number of nitrogens with one attached hydrogen (secondary N) is 2. The van der Waals surface area contributed by atoms with Crippen LogP contribution in [-0.4, -0.2) is 80.6 Å². The van der Waals surface area contributed by atoms with E-state index in [2.05, 4.69) is 41.4 Å². The van der Waals surface area contributed by atoms with Crippen molar-refractivity contribution in [2.45, 2.75) is 70.2 Å². The average Bonchev–Trinajstić information content (AvgIpc) is 3.67. The van der Waals surface area contributed by atoms with Gasteiger partial charge in [-0.25, -0.2) is 4.79 Å². The number of carbonyl (C=O) groups is 2. The van der Waals surface area contributed by atoms with Crippen molar-refractivity contribution in [3.8, 4) is 0 Å². The monoisotopic (exact) mass is 462 g/mol. The van der Waals surface area contributed by atoms with E-state index < -0.39 is 12.2 Å². The fraction of sp³-hybridized carbons (Fsp3) is 0.708. The zero-order valence-corrected chi connectivity index (χ0v) is 20.3. The van der Waals surface area contributed by atoms with Gasteiger partial charge in [-0.3, -0.25) is 9.78 Å². The normalized spacial score (nSPS) is 21.3. The number of carbonyl (C=O) groups excluding carboxylic acids is 2. The van der Waals surface area contributed by atoms with Crippen LogP contribution in [0, 0.1) is 0 Å². The number of methoxy groups -OCH3 is 2. The SMILES string of the molecule is CCc1cc([C@H](C)N(C(=O)[C@H]2CNC[C@@H](COC)O2)C2CC2)cc(CCCNC(=O)OC)n1. The van der Waals surface area contributed by atoms with Crippen LogP contribution in [0.2, 0.25) is 0 Å². The molecule has 1 aromatic heterocycles. The third-order valence-corrected chi connectivity index (χ3v) is 6.16. The first-order valence-corrected chi connectivity index (χ1v) is 12.0. The molecule has 0 aromatic carbocycles. The quantitative estimate of drug-likeness (QED) is 0.485. The van der Waals surface area contributed by atoms with Crippen LogP contribution in [0.15, 0.2) is 12.1 Å². The lowest BCUT2D eigenvalue weighted by molar-refractivity contribution is -0.156. The van der Waals surface area contributed by atoms with E-state index in [0.29, 0.717) is 26.2 Å². The fourth-order valence-electron chi connectivity index (χ4n) is 4.26. The van der Waals surface area contributed by atoms with Gasteiger partial charge < -0.3 is 29.7 Å². The van der Waals surface area contributed by atoms with Crippen LogP contribution in [0.5, 0.6) is 0 Å². The zero-order chi connectivity index (χ0) is 23.8. The number of ether oxygens (including phenoxy) is 3. The summed E-state index contributed by atoms with van der Waals surface area (Å²) in [5, 5.41) is 6.01. The Balaban J connectivity index is 1.71. The number of hydrogen-bond donors (Lipinski definition) is 2. The number of aromatic nitrogens is 1. The molecule has 1 aliphatic carbocycles. The smallest absolute Gasteiger partial charge is 0.406 e. The molecule has 0 spiro atoms. The predicted octanol–water partition coefficient (Wildman–Crippen LogP) is 1.99. The maximum Gasteiger partial charge on any atom is 0.406 e. The summed E-state index contributed by atoms with van der Waals surface area (Å²) in [6.07, 6.45) is 3.32. The van der Waals surface area contributed by atoms with Crippen LogP contribution in [0.3, 0.4) is 0 Å². The number of nitrogens with zero attached hydrogens (tertiary/aromatic N) is 2. The number of rotatable bonds is 11. The number of pyridine rings is 1. The summed E-state index contributed by atoms with van der Waals surface area (Å²) in [5.74, 6) is 0.0389. The van der Waals surface area contributed by atoms with Crippen molar-refractivity contribution < 1.29 is 23.8 Å². The molecule has 2 fully saturated rings. The third kappa shape index (κ3) is 7.12. The highest BCUT2D eigenvalue weighted by Crippen LogP contribution is 2.36. The minimum atomic E-state index is -0.502. The second-order valence-corrected chi connectivity index (χ2v) is 8.77. The maximum absolute atomic E-state index is 13.5. The Labute approximate surface area is 196 Å². The van der Waals surface area contributed by atoms with Gasteiger partial charge in [0.1, 0.15) is 6.10 Å². The highest BCUT2D eigenvalue weighted by molar-refractivity contribution is 5.82. The molecule has 3 rings (SSSR count). The van der Waals surface area contributed by atoms with E-state index in [1.165, 1.54) is 7.11 Å². The first-order chi connectivity index (χ1) is 16.0. The molecule has 1 aromatic rings. The van der Waals surface area contributed by atoms with Crippen LogP contribution in [0.4, 0.5) is 4.79 Å². The van der Waals surface area contributed by atoms with Crippen LogP contribution in [0.1, 0.15) is 56.1 Å². The van der Waals surface area contributed by atoms with E-state index in [1.807, 2.05) is 4.90 Å². The molecule has 3 atom stereocenters. The number of morpholine rings is 1. The van der Waals surface area contributed by atoms with Gasteiger partial charge in [0.2, 0.25) is 0 Å². The second-order valence-electron chi connectivity index (χ2n) is 8.77. The molecule has 9 nitrogen and oxygen atoms in total. The molecular weight excluding hydrogens is 424 g/mol. The lowest BCUT2D eigenvalue weighted by Gasteiger charge is -2.36. The first kappa shape index (κ1) is 25.4. The van der Waals surface area contributed by atoms with Gasteiger partial charge in [0.25, 0.3) is 5.91 Å². The Bertz CT molecular complexity index is 799. The molecule has 2 N–H and O–H groups in total. The molecule has 9 heteroatoms. The van der Waals surface area contributed by atoms with Gasteiger partial charge in [0.15, 0.2) is 0 Å². The summed E-state index contributed by atoms with van der Waals surface area (Å²) in [5.41, 5.74) is 3.08. The van der Waals surface area contributed by atoms with Crippen molar-refractivity contribution in [3.63, 3.8) is 0 Å². The van der Waals surface area contributed by atoms with E-state index in [4.69, 9.17) is 14.5 Å². The number of aryl methyl sites for hydroxylation is 2. The van der Waals surface area contributed by atoms with Crippen LogP contribution in [-0.2, 0) is 31.8 Å². The molecule has 1 aliphatic heterocycles. The maximum atomic E-state index is 13.5. The molecule has 1 saturated heterocycles. The molecule has 1 saturated carbocycles. The predicted molar refractivity (Wildman–Crippen MR) is 124 cm³/mol. The van der Waals surface area contributed by atoms with Gasteiger partial charge in [0, 0.05) is 44.2 Å². The second kappa shape index (κ2) is 12.3. The van der Waals surface area contributed by atoms with Crippen molar-refractivity contribution in [2.24, 2.45) is 0 Å². The Kier molecular flexibility index (Phi) is 9.46. The van der Waals surface area contributed by atoms with Crippen LogP contribution in [0.25, 0.3) is 0 Å². The molecule has 33 heavy (non-hydrogen) atoms. The Morgan fingerprint density at radius 1 is 1.27 bits per heavy atom. The van der Waals surface area contributed by atoms with Crippen molar-refractivity contribution in [1.29, 1.82) is 0 Å². The summed E-state index contributed by atoms with van der Waals surface area (Å²) >= 11 is 0. The van der Waals surface area contributed by atoms with E-state index in [1.54, 1.807) is 7.11 Å². The lowest BCUT2D eigenvalue weighted by atomic mass is 10.0. The largest absolute Gasteiger partial charge is 0.453 e. The molecule has 2 amide bonds. The van der Waals surface area contributed by atoms with Crippen LogP contribution < -0.4 is 10.6 Å². The van der Waals surface area contributed by atoms with E-state index in [0.717, 1.165) is 49.1 Å². The Hall–Kier alpha value is -2.23. The zero-order valence-electron chi connectivity index (χ0n) is 20.3. The molecule has 2 heterocycles. The Morgan fingerprint density at radius 2 is 2.03 bits per heavy atom. The van der Waals surface area contributed by atoms with E-state index in [9.17, 15) is 9.59 Å². The Morgan fingerprint density at radius 3 is 2.70 bits per heavy atom. The molecule has 0 radical (unpaired) electrons. The van der Waals surface area contributed by atoms with E-state index in [-0.39, 0.29) is 24.1 Å². The van der Waals surface area contributed by atoms with Crippen molar-refractivity contribution in [2.75, 3.05) is 40.5 Å².